The van der Waals surface area contributed by atoms with E-state index in [0.29, 0.717) is 10.0 Å². The molecular formula is C13H13Cl2N3. The SMILES string of the molecule is Clc1ccc(Cl)c2c(N3CCNCC3)ccnc12. The minimum absolute atomic E-state index is 0.645. The Hall–Kier alpha value is -1.03. The van der Waals surface area contributed by atoms with E-state index in [1.165, 1.54) is 0 Å². The number of benzene rings is 1. The number of nitrogens with one attached hydrogen (secondary N) is 1. The lowest BCUT2D eigenvalue weighted by molar-refractivity contribution is 0.590. The number of fused-ring (bicyclic) bond motifs is 1. The van der Waals surface area contributed by atoms with Gasteiger partial charge in [-0.2, -0.15) is 0 Å². The van der Waals surface area contributed by atoms with Gasteiger partial charge in [0.05, 0.1) is 15.6 Å². The van der Waals surface area contributed by atoms with Crippen molar-refractivity contribution < 1.29 is 0 Å². The maximum absolute atomic E-state index is 6.31. The largest absolute Gasteiger partial charge is 0.368 e. The van der Waals surface area contributed by atoms with Gasteiger partial charge in [0.2, 0.25) is 0 Å². The van der Waals surface area contributed by atoms with Crippen molar-refractivity contribution in [2.24, 2.45) is 0 Å². The monoisotopic (exact) mass is 281 g/mol. The van der Waals surface area contributed by atoms with E-state index in [1.807, 2.05) is 12.1 Å². The van der Waals surface area contributed by atoms with Crippen molar-refractivity contribution >= 4 is 39.8 Å². The van der Waals surface area contributed by atoms with Crippen molar-refractivity contribution in [3.8, 4) is 0 Å². The first-order chi connectivity index (χ1) is 8.77. The van der Waals surface area contributed by atoms with Crippen molar-refractivity contribution in [3.63, 3.8) is 0 Å². The van der Waals surface area contributed by atoms with Crippen LogP contribution in [-0.4, -0.2) is 31.2 Å². The molecule has 2 heterocycles. The first-order valence-corrected chi connectivity index (χ1v) is 6.71. The molecule has 0 aliphatic carbocycles. The molecular weight excluding hydrogens is 269 g/mol. The summed E-state index contributed by atoms with van der Waals surface area (Å²) in [4.78, 5) is 6.66. The van der Waals surface area contributed by atoms with Gasteiger partial charge in [-0.15, -0.1) is 0 Å². The summed E-state index contributed by atoms with van der Waals surface area (Å²) in [6.45, 7) is 3.92. The highest BCUT2D eigenvalue weighted by molar-refractivity contribution is 6.40. The van der Waals surface area contributed by atoms with Crippen LogP contribution in [0.5, 0.6) is 0 Å². The quantitative estimate of drug-likeness (QED) is 0.871. The zero-order valence-corrected chi connectivity index (χ0v) is 11.3. The number of rotatable bonds is 1. The fourth-order valence-electron chi connectivity index (χ4n) is 2.35. The van der Waals surface area contributed by atoms with Gasteiger partial charge in [0.15, 0.2) is 0 Å². The van der Waals surface area contributed by atoms with Crippen LogP contribution in [-0.2, 0) is 0 Å². The maximum atomic E-state index is 6.31. The smallest absolute Gasteiger partial charge is 0.0923 e. The molecule has 18 heavy (non-hydrogen) atoms. The van der Waals surface area contributed by atoms with Gasteiger partial charge in [-0.3, -0.25) is 4.98 Å². The zero-order chi connectivity index (χ0) is 12.5. The van der Waals surface area contributed by atoms with E-state index in [2.05, 4.69) is 15.2 Å². The molecule has 1 fully saturated rings. The van der Waals surface area contributed by atoms with Gasteiger partial charge in [-0.25, -0.2) is 0 Å². The summed E-state index contributed by atoms with van der Waals surface area (Å²) in [5, 5.41) is 5.64. The molecule has 0 saturated carbocycles. The van der Waals surface area contributed by atoms with Gasteiger partial charge in [0, 0.05) is 43.4 Å². The van der Waals surface area contributed by atoms with Gasteiger partial charge in [-0.05, 0) is 18.2 Å². The summed E-state index contributed by atoms with van der Waals surface area (Å²) in [5.41, 5.74) is 1.90. The topological polar surface area (TPSA) is 28.2 Å². The molecule has 1 aromatic carbocycles. The second-order valence-corrected chi connectivity index (χ2v) is 5.13. The zero-order valence-electron chi connectivity index (χ0n) is 9.79. The highest BCUT2D eigenvalue weighted by Crippen LogP contribution is 2.35. The molecule has 0 radical (unpaired) electrons. The molecule has 0 unspecified atom stereocenters. The maximum Gasteiger partial charge on any atom is 0.0923 e. The van der Waals surface area contributed by atoms with Crippen LogP contribution in [0.4, 0.5) is 5.69 Å². The Balaban J connectivity index is 2.19. The fourth-order valence-corrected chi connectivity index (χ4v) is 2.80. The molecule has 0 spiro atoms. The Morgan fingerprint density at radius 3 is 2.56 bits per heavy atom. The van der Waals surface area contributed by atoms with Gasteiger partial charge < -0.3 is 10.2 Å². The first kappa shape index (κ1) is 12.0. The second-order valence-electron chi connectivity index (χ2n) is 4.32. The molecule has 1 aliphatic heterocycles. The molecule has 0 bridgehead atoms. The molecule has 0 amide bonds. The van der Waals surface area contributed by atoms with Crippen LogP contribution in [0.25, 0.3) is 10.9 Å². The standard InChI is InChI=1S/C13H13Cl2N3/c14-9-1-2-10(15)13-12(9)11(3-4-17-13)18-7-5-16-6-8-18/h1-4,16H,5-8H2. The number of hydrogen-bond donors (Lipinski definition) is 1. The lowest BCUT2D eigenvalue weighted by atomic mass is 10.1. The van der Waals surface area contributed by atoms with Crippen LogP contribution >= 0.6 is 23.2 Å². The summed E-state index contributed by atoms with van der Waals surface area (Å²) in [7, 11) is 0. The minimum Gasteiger partial charge on any atom is -0.368 e. The van der Waals surface area contributed by atoms with E-state index in [1.54, 1.807) is 12.3 Å². The molecule has 94 valence electrons. The van der Waals surface area contributed by atoms with E-state index in [9.17, 15) is 0 Å². The third kappa shape index (κ3) is 2.03. The third-order valence-electron chi connectivity index (χ3n) is 3.23. The highest BCUT2D eigenvalue weighted by Gasteiger charge is 2.16. The summed E-state index contributed by atoms with van der Waals surface area (Å²) < 4.78 is 0. The molecule has 2 aromatic rings. The van der Waals surface area contributed by atoms with Gasteiger partial charge >= 0.3 is 0 Å². The molecule has 3 rings (SSSR count). The number of hydrogen-bond acceptors (Lipinski definition) is 3. The first-order valence-electron chi connectivity index (χ1n) is 5.96. The van der Waals surface area contributed by atoms with Crippen LogP contribution in [0.3, 0.4) is 0 Å². The number of pyridine rings is 1. The van der Waals surface area contributed by atoms with Crippen LogP contribution < -0.4 is 10.2 Å². The van der Waals surface area contributed by atoms with E-state index in [-0.39, 0.29) is 0 Å². The van der Waals surface area contributed by atoms with Crippen molar-refractivity contribution in [3.05, 3.63) is 34.4 Å². The van der Waals surface area contributed by atoms with Crippen LogP contribution in [0, 0.1) is 0 Å². The number of halogens is 2. The lowest BCUT2D eigenvalue weighted by Gasteiger charge is -2.30. The fraction of sp³-hybridized carbons (Fsp3) is 0.308. The molecule has 0 atom stereocenters. The van der Waals surface area contributed by atoms with Gasteiger partial charge in [-0.1, -0.05) is 23.2 Å². The van der Waals surface area contributed by atoms with Gasteiger partial charge in [0.25, 0.3) is 0 Å². The summed E-state index contributed by atoms with van der Waals surface area (Å²) in [6, 6.07) is 5.64. The van der Waals surface area contributed by atoms with Crippen molar-refractivity contribution in [1.82, 2.24) is 10.3 Å². The molecule has 1 N–H and O–H groups in total. The number of nitrogens with zero attached hydrogens (tertiary/aromatic N) is 2. The van der Waals surface area contributed by atoms with Crippen molar-refractivity contribution in [1.29, 1.82) is 0 Å². The van der Waals surface area contributed by atoms with E-state index in [4.69, 9.17) is 23.2 Å². The number of anilines is 1. The Labute approximate surface area is 116 Å². The van der Waals surface area contributed by atoms with Crippen molar-refractivity contribution in [2.45, 2.75) is 0 Å². The summed E-state index contributed by atoms with van der Waals surface area (Å²) >= 11 is 12.5. The molecule has 1 saturated heterocycles. The van der Waals surface area contributed by atoms with Crippen LogP contribution in [0.15, 0.2) is 24.4 Å². The normalized spacial score (nSPS) is 16.2. The molecule has 1 aliphatic rings. The Morgan fingerprint density at radius 1 is 1.06 bits per heavy atom. The number of piperazine rings is 1. The number of aromatic nitrogens is 1. The second kappa shape index (κ2) is 4.92. The molecule has 5 heteroatoms. The average molecular weight is 282 g/mol. The Bertz CT molecular complexity index is 580. The average Bonchev–Trinajstić information content (AvgIpc) is 2.43. The third-order valence-corrected chi connectivity index (χ3v) is 3.85. The predicted molar refractivity (Wildman–Crippen MR) is 76.8 cm³/mol. The van der Waals surface area contributed by atoms with E-state index < -0.39 is 0 Å². The molecule has 3 nitrogen and oxygen atoms in total. The van der Waals surface area contributed by atoms with Crippen LogP contribution in [0.2, 0.25) is 10.0 Å². The Kier molecular flexibility index (Phi) is 3.29. The van der Waals surface area contributed by atoms with E-state index in [0.717, 1.165) is 42.8 Å². The summed E-state index contributed by atoms with van der Waals surface area (Å²) in [5.74, 6) is 0. The van der Waals surface area contributed by atoms with Crippen molar-refractivity contribution in [2.75, 3.05) is 31.1 Å². The Morgan fingerprint density at radius 2 is 1.78 bits per heavy atom. The lowest BCUT2D eigenvalue weighted by Crippen LogP contribution is -2.43. The van der Waals surface area contributed by atoms with Crippen LogP contribution in [0.1, 0.15) is 0 Å². The predicted octanol–water partition coefficient (Wildman–Crippen LogP) is 2.95. The van der Waals surface area contributed by atoms with E-state index >= 15 is 0 Å². The minimum atomic E-state index is 0.645. The van der Waals surface area contributed by atoms with Gasteiger partial charge in [0.1, 0.15) is 0 Å². The summed E-state index contributed by atoms with van der Waals surface area (Å²) in [6.07, 6.45) is 1.79. The molecule has 1 aromatic heterocycles. The highest BCUT2D eigenvalue weighted by atomic mass is 35.5.